The van der Waals surface area contributed by atoms with Gasteiger partial charge >= 0.3 is 17.9 Å². The first-order chi connectivity index (χ1) is 7.34. The lowest BCUT2D eigenvalue weighted by molar-refractivity contribution is -0.146. The van der Waals surface area contributed by atoms with Crippen LogP contribution in [0.5, 0.6) is 0 Å². The molecular weight excluding hydrogens is 222 g/mol. The van der Waals surface area contributed by atoms with Gasteiger partial charge in [-0.05, 0) is 0 Å². The number of carboxylic acid groups (broad SMARTS) is 2. The summed E-state index contributed by atoms with van der Waals surface area (Å²) in [6.45, 7) is -0.891. The Kier molecular flexibility index (Phi) is 10.3. The van der Waals surface area contributed by atoms with Crippen LogP contribution in [0.25, 0.3) is 0 Å². The fourth-order valence-electron chi connectivity index (χ4n) is 0.313. The first-order valence-electron chi connectivity index (χ1n) is 4.11. The number of hydrogen-bond donors (Lipinski definition) is 5. The Morgan fingerprint density at radius 1 is 1.12 bits per heavy atom. The number of aliphatic carboxylic acids is 2. The number of esters is 1. The van der Waals surface area contributed by atoms with E-state index in [-0.39, 0.29) is 19.7 Å². The average molecular weight is 237 g/mol. The van der Waals surface area contributed by atoms with Crippen molar-refractivity contribution in [2.45, 2.75) is 6.04 Å². The molecule has 0 aromatic heterocycles. The molecule has 0 saturated heterocycles. The largest absolute Gasteiger partial charge is 0.480 e. The van der Waals surface area contributed by atoms with Crippen molar-refractivity contribution in [3.8, 4) is 0 Å². The molecule has 9 nitrogen and oxygen atoms in total. The Hall–Kier alpha value is -1.71. The van der Waals surface area contributed by atoms with Crippen molar-refractivity contribution in [3.63, 3.8) is 0 Å². The number of hydrogen-bond acceptors (Lipinski definition) is 7. The molecule has 0 heterocycles. The number of ether oxygens (including phenoxy) is 1. The van der Waals surface area contributed by atoms with E-state index in [1.165, 1.54) is 0 Å². The highest BCUT2D eigenvalue weighted by Gasteiger charge is 2.12. The number of carbonyl (C=O) groups is 3. The quantitative estimate of drug-likeness (QED) is 0.310. The predicted molar refractivity (Wildman–Crippen MR) is 52.3 cm³/mol. The molecule has 94 valence electrons. The van der Waals surface area contributed by atoms with Crippen LogP contribution in [0.2, 0.25) is 0 Å². The van der Waals surface area contributed by atoms with Gasteiger partial charge in [0.25, 0.3) is 0 Å². The molecule has 0 unspecified atom stereocenters. The van der Waals surface area contributed by atoms with E-state index in [9.17, 15) is 14.4 Å². The van der Waals surface area contributed by atoms with Gasteiger partial charge in [0.05, 0.1) is 13.1 Å². The Labute approximate surface area is 91.1 Å². The van der Waals surface area contributed by atoms with Crippen LogP contribution in [0, 0.1) is 0 Å². The fourth-order valence-corrected chi connectivity index (χ4v) is 0.313. The van der Waals surface area contributed by atoms with Crippen molar-refractivity contribution < 1.29 is 29.3 Å². The summed E-state index contributed by atoms with van der Waals surface area (Å²) in [7, 11) is 0. The Balaban J connectivity index is 0. The molecule has 0 rings (SSSR count). The van der Waals surface area contributed by atoms with Gasteiger partial charge in [-0.1, -0.05) is 0 Å². The minimum atomic E-state index is -1.21. The summed E-state index contributed by atoms with van der Waals surface area (Å²) in [4.78, 5) is 29.6. The molecule has 0 spiro atoms. The third-order valence-corrected chi connectivity index (χ3v) is 1.08. The number of carbonyl (C=O) groups excluding carboxylic acids is 1. The maximum atomic E-state index is 10.3. The Bertz CT molecular complexity index is 244. The summed E-state index contributed by atoms with van der Waals surface area (Å²) >= 11 is 0. The first-order valence-corrected chi connectivity index (χ1v) is 4.11. The topological polar surface area (TPSA) is 179 Å². The van der Waals surface area contributed by atoms with Crippen LogP contribution in [-0.4, -0.2) is 53.9 Å². The number of rotatable bonds is 5. The first kappa shape index (κ1) is 16.7. The molecule has 0 amide bonds. The minimum Gasteiger partial charge on any atom is -0.480 e. The lowest BCUT2D eigenvalue weighted by Crippen LogP contribution is -2.36. The van der Waals surface area contributed by atoms with Gasteiger partial charge in [-0.15, -0.1) is 0 Å². The van der Waals surface area contributed by atoms with Gasteiger partial charge in [0.1, 0.15) is 12.6 Å². The monoisotopic (exact) mass is 237 g/mol. The molecule has 0 saturated carbocycles. The fraction of sp³-hybridized carbons (Fsp3) is 0.571. The Morgan fingerprint density at radius 3 is 1.81 bits per heavy atom. The summed E-state index contributed by atoms with van der Waals surface area (Å²) in [6, 6.07) is -1.18. The minimum absolute atomic E-state index is 0.271. The smallest absolute Gasteiger partial charge is 0.324 e. The second-order valence-corrected chi connectivity index (χ2v) is 2.43. The van der Waals surface area contributed by atoms with Gasteiger partial charge < -0.3 is 32.2 Å². The second kappa shape index (κ2) is 9.83. The van der Waals surface area contributed by atoms with Gasteiger partial charge in [-0.2, -0.15) is 0 Å². The molecule has 0 aliphatic heterocycles. The third-order valence-electron chi connectivity index (χ3n) is 1.08. The molecule has 0 aromatic rings. The van der Waals surface area contributed by atoms with Crippen LogP contribution in [0.1, 0.15) is 0 Å². The van der Waals surface area contributed by atoms with E-state index in [1.54, 1.807) is 0 Å². The van der Waals surface area contributed by atoms with Gasteiger partial charge in [-0.25, -0.2) is 0 Å². The normalized spacial score (nSPS) is 10.7. The van der Waals surface area contributed by atoms with E-state index < -0.39 is 23.9 Å². The van der Waals surface area contributed by atoms with Crippen molar-refractivity contribution in [2.24, 2.45) is 17.2 Å². The van der Waals surface area contributed by atoms with Gasteiger partial charge in [-0.3, -0.25) is 14.4 Å². The van der Waals surface area contributed by atoms with Gasteiger partial charge in [0.2, 0.25) is 0 Å². The molecule has 16 heavy (non-hydrogen) atoms. The number of carboxylic acids is 2. The molecule has 0 fully saturated rings. The lowest BCUT2D eigenvalue weighted by Gasteiger charge is -2.05. The molecule has 1 atom stereocenters. The zero-order valence-electron chi connectivity index (χ0n) is 8.46. The molecule has 8 N–H and O–H groups in total. The van der Waals surface area contributed by atoms with Crippen molar-refractivity contribution in [2.75, 3.05) is 19.7 Å². The lowest BCUT2D eigenvalue weighted by atomic mass is 10.3. The predicted octanol–water partition coefficient (Wildman–Crippen LogP) is -3.07. The van der Waals surface area contributed by atoms with E-state index in [0.29, 0.717) is 0 Å². The van der Waals surface area contributed by atoms with E-state index in [0.717, 1.165) is 0 Å². The number of nitrogens with two attached hydrogens (primary N) is 3. The molecule has 0 aromatic carbocycles. The molecule has 0 radical (unpaired) electrons. The highest BCUT2D eigenvalue weighted by molar-refractivity contribution is 5.75. The zero-order chi connectivity index (χ0) is 13.1. The van der Waals surface area contributed by atoms with Crippen molar-refractivity contribution in [1.82, 2.24) is 0 Å². The molecular formula is C7H15N3O6. The summed E-state index contributed by atoms with van der Waals surface area (Å²) in [5, 5.41) is 15.8. The zero-order valence-corrected chi connectivity index (χ0v) is 8.46. The average Bonchev–Trinajstić information content (AvgIpc) is 2.25. The summed E-state index contributed by atoms with van der Waals surface area (Å²) in [5.74, 6) is -2.85. The van der Waals surface area contributed by atoms with E-state index >= 15 is 0 Å². The van der Waals surface area contributed by atoms with Crippen LogP contribution in [0.4, 0.5) is 0 Å². The summed E-state index contributed by atoms with van der Waals surface area (Å²) in [6.07, 6.45) is 0. The van der Waals surface area contributed by atoms with E-state index in [1.807, 2.05) is 0 Å². The van der Waals surface area contributed by atoms with Crippen molar-refractivity contribution in [3.05, 3.63) is 0 Å². The second-order valence-electron chi connectivity index (χ2n) is 2.43. The maximum absolute atomic E-state index is 10.3. The van der Waals surface area contributed by atoms with Crippen molar-refractivity contribution >= 4 is 17.9 Å². The molecule has 0 aliphatic carbocycles. The van der Waals surface area contributed by atoms with Crippen LogP contribution in [0.15, 0.2) is 0 Å². The third kappa shape index (κ3) is 12.3. The van der Waals surface area contributed by atoms with Crippen LogP contribution in [-0.2, 0) is 19.1 Å². The standard InChI is InChI=1S/C5H10N2O4.C2H5NO2/c6-1-4(8)11-2-3(7)5(9)10;3-1-2(4)5/h3H,1-2,6-7H2,(H,9,10);1,3H2,(H,4,5)/t3-;/m0./s1. The van der Waals surface area contributed by atoms with E-state index in [2.05, 4.69) is 10.5 Å². The van der Waals surface area contributed by atoms with Crippen LogP contribution >= 0.6 is 0 Å². The van der Waals surface area contributed by atoms with Crippen LogP contribution < -0.4 is 17.2 Å². The molecule has 9 heteroatoms. The summed E-state index contributed by atoms with van der Waals surface area (Å²) in [5.41, 5.74) is 14.4. The van der Waals surface area contributed by atoms with E-state index in [4.69, 9.17) is 21.7 Å². The molecule has 0 aliphatic rings. The summed E-state index contributed by atoms with van der Waals surface area (Å²) < 4.78 is 4.34. The van der Waals surface area contributed by atoms with Gasteiger partial charge in [0.15, 0.2) is 0 Å². The molecule has 0 bridgehead atoms. The highest BCUT2D eigenvalue weighted by Crippen LogP contribution is 1.82. The van der Waals surface area contributed by atoms with Crippen LogP contribution in [0.3, 0.4) is 0 Å². The van der Waals surface area contributed by atoms with Crippen molar-refractivity contribution in [1.29, 1.82) is 0 Å². The SMILES string of the molecule is NCC(=O)O.NCC(=O)OC[C@H](N)C(=O)O. The highest BCUT2D eigenvalue weighted by atomic mass is 16.5. The van der Waals surface area contributed by atoms with Gasteiger partial charge in [0, 0.05) is 0 Å². The maximum Gasteiger partial charge on any atom is 0.324 e. The Morgan fingerprint density at radius 2 is 1.56 bits per heavy atom.